The van der Waals surface area contributed by atoms with E-state index < -0.39 is 27.6 Å². The summed E-state index contributed by atoms with van der Waals surface area (Å²) in [7, 11) is -3.91. The fourth-order valence-electron chi connectivity index (χ4n) is 3.08. The largest absolute Gasteiger partial charge is 0.459 e. The summed E-state index contributed by atoms with van der Waals surface area (Å²) < 4.78 is 32.9. The second-order valence-corrected chi connectivity index (χ2v) is 10.1. The summed E-state index contributed by atoms with van der Waals surface area (Å²) in [5.74, 6) is -0.535. The van der Waals surface area contributed by atoms with E-state index in [0.29, 0.717) is 28.6 Å². The Kier molecular flexibility index (Phi) is 5.42. The van der Waals surface area contributed by atoms with Gasteiger partial charge in [-0.1, -0.05) is 29.3 Å². The molecule has 1 atom stereocenters. The fraction of sp³-hybridized carbons (Fsp3) is 0.444. The van der Waals surface area contributed by atoms with Gasteiger partial charge in [-0.25, -0.2) is 13.4 Å². The Morgan fingerprint density at radius 1 is 1.26 bits per heavy atom. The Labute approximate surface area is 168 Å². The van der Waals surface area contributed by atoms with E-state index in [-0.39, 0.29) is 16.6 Å². The average Bonchev–Trinajstić information content (AvgIpc) is 3.07. The molecule has 1 unspecified atom stereocenters. The molecule has 1 aliphatic rings. The second kappa shape index (κ2) is 7.20. The van der Waals surface area contributed by atoms with Gasteiger partial charge in [-0.2, -0.15) is 4.31 Å². The van der Waals surface area contributed by atoms with Crippen LogP contribution in [0, 0.1) is 0 Å². The van der Waals surface area contributed by atoms with Crippen LogP contribution in [0.15, 0.2) is 29.3 Å². The molecule has 2 heterocycles. The van der Waals surface area contributed by atoms with Crippen molar-refractivity contribution < 1.29 is 17.9 Å². The summed E-state index contributed by atoms with van der Waals surface area (Å²) in [5, 5.41) is 1.60. The van der Waals surface area contributed by atoms with Gasteiger partial charge < -0.3 is 4.74 Å². The molecule has 0 aliphatic carbocycles. The highest BCUT2D eigenvalue weighted by molar-refractivity contribution is 7.89. The van der Waals surface area contributed by atoms with Gasteiger partial charge in [0.25, 0.3) is 0 Å². The molecule has 1 aromatic carbocycles. The van der Waals surface area contributed by atoms with Crippen LogP contribution in [0.5, 0.6) is 0 Å². The van der Waals surface area contributed by atoms with Crippen LogP contribution < -0.4 is 0 Å². The quantitative estimate of drug-likeness (QED) is 0.542. The van der Waals surface area contributed by atoms with Gasteiger partial charge in [-0.3, -0.25) is 4.79 Å². The Morgan fingerprint density at radius 3 is 2.63 bits per heavy atom. The highest BCUT2D eigenvalue weighted by atomic mass is 35.5. The van der Waals surface area contributed by atoms with Gasteiger partial charge >= 0.3 is 5.97 Å². The molecule has 6 nitrogen and oxygen atoms in total. The number of esters is 1. The molecule has 0 amide bonds. The zero-order valence-electron chi connectivity index (χ0n) is 15.2. The lowest BCUT2D eigenvalue weighted by Crippen LogP contribution is -2.43. The molecular formula is C18H20Cl2N2O4S. The molecule has 1 saturated heterocycles. The topological polar surface area (TPSA) is 76.6 Å². The van der Waals surface area contributed by atoms with E-state index in [1.807, 2.05) is 0 Å². The molecule has 2 aromatic rings. The van der Waals surface area contributed by atoms with E-state index >= 15 is 0 Å². The summed E-state index contributed by atoms with van der Waals surface area (Å²) in [6.07, 6.45) is 2.43. The predicted molar refractivity (Wildman–Crippen MR) is 105 cm³/mol. The first kappa shape index (κ1) is 20.3. The van der Waals surface area contributed by atoms with Crippen LogP contribution in [0.4, 0.5) is 0 Å². The molecule has 0 spiro atoms. The second-order valence-electron chi connectivity index (χ2n) is 7.41. The molecule has 9 heteroatoms. The number of nitrogens with zero attached hydrogens (tertiary/aromatic N) is 2. The Balaban J connectivity index is 1.99. The molecule has 0 radical (unpaired) electrons. The number of carbonyl (C=O) groups is 1. The van der Waals surface area contributed by atoms with Crippen molar-refractivity contribution >= 4 is 50.0 Å². The third-order valence-electron chi connectivity index (χ3n) is 4.25. The van der Waals surface area contributed by atoms with Crippen LogP contribution in [0.1, 0.15) is 33.6 Å². The van der Waals surface area contributed by atoms with Gasteiger partial charge in [0.05, 0.1) is 9.92 Å². The number of carbonyl (C=O) groups excluding carboxylic acids is 1. The van der Waals surface area contributed by atoms with E-state index in [4.69, 9.17) is 27.9 Å². The lowest BCUT2D eigenvalue weighted by atomic mass is 10.2. The summed E-state index contributed by atoms with van der Waals surface area (Å²) in [6, 6.07) is 3.66. The first-order chi connectivity index (χ1) is 12.5. The number of sulfonamides is 1. The minimum Gasteiger partial charge on any atom is -0.459 e. The molecule has 1 aromatic heterocycles. The summed E-state index contributed by atoms with van der Waals surface area (Å²) in [6.45, 7) is 5.51. The van der Waals surface area contributed by atoms with Crippen LogP contribution >= 0.6 is 23.2 Å². The zero-order valence-corrected chi connectivity index (χ0v) is 17.5. The number of rotatable bonds is 3. The SMILES string of the molecule is CC(C)(C)OC(=O)C1CCCN1S(=O)(=O)c1ccc2c(Cl)cnc(Cl)c2c1. The van der Waals surface area contributed by atoms with Crippen molar-refractivity contribution in [2.45, 2.75) is 50.2 Å². The maximum absolute atomic E-state index is 13.2. The Bertz CT molecular complexity index is 1000. The van der Waals surface area contributed by atoms with E-state index in [1.165, 1.54) is 22.6 Å². The molecule has 0 saturated carbocycles. The number of ether oxygens (including phenoxy) is 1. The van der Waals surface area contributed by atoms with Crippen LogP contribution in [-0.2, 0) is 19.6 Å². The van der Waals surface area contributed by atoms with Gasteiger partial charge in [-0.05, 0) is 45.7 Å². The van der Waals surface area contributed by atoms with Crippen molar-refractivity contribution in [1.82, 2.24) is 9.29 Å². The molecule has 0 bridgehead atoms. The van der Waals surface area contributed by atoms with Crippen LogP contribution in [0.2, 0.25) is 10.2 Å². The number of hydrogen-bond acceptors (Lipinski definition) is 5. The molecule has 146 valence electrons. The number of fused-ring (bicyclic) bond motifs is 1. The number of halogens is 2. The van der Waals surface area contributed by atoms with E-state index in [1.54, 1.807) is 26.8 Å². The predicted octanol–water partition coefficient (Wildman–Crippen LogP) is 4.04. The van der Waals surface area contributed by atoms with Crippen molar-refractivity contribution in [2.24, 2.45) is 0 Å². The van der Waals surface area contributed by atoms with Crippen molar-refractivity contribution in [3.8, 4) is 0 Å². The van der Waals surface area contributed by atoms with Gasteiger partial charge in [0.15, 0.2) is 0 Å². The molecule has 1 aliphatic heterocycles. The third-order valence-corrected chi connectivity index (χ3v) is 6.76. The first-order valence-electron chi connectivity index (χ1n) is 8.49. The first-order valence-corrected chi connectivity index (χ1v) is 10.7. The highest BCUT2D eigenvalue weighted by Gasteiger charge is 2.41. The number of pyridine rings is 1. The van der Waals surface area contributed by atoms with Crippen LogP contribution in [-0.4, -0.2) is 41.9 Å². The number of hydrogen-bond donors (Lipinski definition) is 0. The molecule has 1 fully saturated rings. The van der Waals surface area contributed by atoms with E-state index in [0.717, 1.165) is 0 Å². The Hall–Kier alpha value is -1.41. The fourth-order valence-corrected chi connectivity index (χ4v) is 5.18. The van der Waals surface area contributed by atoms with Crippen LogP contribution in [0.25, 0.3) is 10.8 Å². The van der Waals surface area contributed by atoms with Gasteiger partial charge in [0.1, 0.15) is 16.8 Å². The van der Waals surface area contributed by atoms with Gasteiger partial charge in [0.2, 0.25) is 10.0 Å². The maximum Gasteiger partial charge on any atom is 0.324 e. The lowest BCUT2D eigenvalue weighted by Gasteiger charge is -2.27. The number of aromatic nitrogens is 1. The normalized spacial score (nSPS) is 18.8. The van der Waals surface area contributed by atoms with Crippen molar-refractivity contribution in [3.05, 3.63) is 34.6 Å². The Morgan fingerprint density at radius 2 is 1.96 bits per heavy atom. The van der Waals surface area contributed by atoms with Crippen molar-refractivity contribution in [2.75, 3.05) is 6.54 Å². The van der Waals surface area contributed by atoms with E-state index in [9.17, 15) is 13.2 Å². The average molecular weight is 431 g/mol. The maximum atomic E-state index is 13.2. The standard InChI is InChI=1S/C18H20Cl2N2O4S/c1-18(2,3)26-17(23)15-5-4-8-22(15)27(24,25)11-6-7-12-13(9-11)16(20)21-10-14(12)19/h6-7,9-10,15H,4-5,8H2,1-3H3. The number of benzene rings is 1. The monoisotopic (exact) mass is 430 g/mol. The van der Waals surface area contributed by atoms with Gasteiger partial charge in [0, 0.05) is 23.5 Å². The molecule has 3 rings (SSSR count). The minimum atomic E-state index is -3.91. The van der Waals surface area contributed by atoms with E-state index in [2.05, 4.69) is 4.98 Å². The smallest absolute Gasteiger partial charge is 0.324 e. The third kappa shape index (κ3) is 4.06. The molecular weight excluding hydrogens is 411 g/mol. The lowest BCUT2D eigenvalue weighted by molar-refractivity contribution is -0.158. The van der Waals surface area contributed by atoms with Gasteiger partial charge in [-0.15, -0.1) is 0 Å². The van der Waals surface area contributed by atoms with Crippen molar-refractivity contribution in [1.29, 1.82) is 0 Å². The summed E-state index contributed by atoms with van der Waals surface area (Å²) >= 11 is 12.2. The highest BCUT2D eigenvalue weighted by Crippen LogP contribution is 2.33. The molecule has 0 N–H and O–H groups in total. The zero-order chi connectivity index (χ0) is 20.0. The van der Waals surface area contributed by atoms with Crippen LogP contribution in [0.3, 0.4) is 0 Å². The van der Waals surface area contributed by atoms with Crippen molar-refractivity contribution in [3.63, 3.8) is 0 Å². The summed E-state index contributed by atoms with van der Waals surface area (Å²) in [5.41, 5.74) is -0.687. The summed E-state index contributed by atoms with van der Waals surface area (Å²) in [4.78, 5) is 16.5. The molecule has 27 heavy (non-hydrogen) atoms. The minimum absolute atomic E-state index is 0.0384.